The first-order valence-corrected chi connectivity index (χ1v) is 7.88. The normalized spacial score (nSPS) is 10.4. The summed E-state index contributed by atoms with van der Waals surface area (Å²) in [6.45, 7) is 1.79. The number of hydrogen-bond acceptors (Lipinski definition) is 5. The van der Waals surface area contributed by atoms with Crippen molar-refractivity contribution in [1.82, 2.24) is 4.98 Å². The van der Waals surface area contributed by atoms with Gasteiger partial charge in [0.2, 0.25) is 11.8 Å². The van der Waals surface area contributed by atoms with Crippen LogP contribution >= 0.6 is 11.8 Å². The number of anilines is 1. The number of nitrogens with one attached hydrogen (secondary N) is 1. The summed E-state index contributed by atoms with van der Waals surface area (Å²) < 4.78 is 5.17. The van der Waals surface area contributed by atoms with Gasteiger partial charge >= 0.3 is 0 Å². The van der Waals surface area contributed by atoms with Crippen molar-refractivity contribution in [2.75, 3.05) is 16.8 Å². The van der Waals surface area contributed by atoms with Gasteiger partial charge in [-0.2, -0.15) is 11.8 Å². The predicted octanol–water partition coefficient (Wildman–Crippen LogP) is 2.20. The Morgan fingerprint density at radius 2 is 2.05 bits per heavy atom. The molecule has 0 fully saturated rings. The van der Waals surface area contributed by atoms with Gasteiger partial charge in [0.1, 0.15) is 12.0 Å². The fourth-order valence-electron chi connectivity index (χ4n) is 1.78. The lowest BCUT2D eigenvalue weighted by molar-refractivity contribution is -0.116. The molecule has 0 aliphatic rings. The number of rotatable bonds is 7. The minimum absolute atomic E-state index is 0.0954. The second-order valence-corrected chi connectivity index (χ2v) is 5.75. The Kier molecular flexibility index (Phi) is 5.60. The number of aryl methyl sites for hydroxylation is 1. The van der Waals surface area contributed by atoms with Crippen molar-refractivity contribution >= 4 is 29.3 Å². The van der Waals surface area contributed by atoms with E-state index in [9.17, 15) is 9.59 Å². The molecule has 1 aromatic heterocycles. The minimum Gasteiger partial charge on any atom is -0.449 e. The maximum absolute atomic E-state index is 11.7. The molecule has 0 bridgehead atoms. The standard InChI is InChI=1S/C15H17N3O3S/c1-10-17-13(8-21-10)11-2-4-12(5-3-11)18-15(20)6-7-22-9-14(16)19/h2-5,8H,6-7,9H2,1H3,(H2,16,19)(H,18,20). The number of nitrogens with zero attached hydrogens (tertiary/aromatic N) is 1. The van der Waals surface area contributed by atoms with E-state index in [1.807, 2.05) is 24.3 Å². The van der Waals surface area contributed by atoms with E-state index >= 15 is 0 Å². The Bertz CT molecular complexity index is 652. The highest BCUT2D eigenvalue weighted by molar-refractivity contribution is 7.99. The lowest BCUT2D eigenvalue weighted by atomic mass is 10.1. The predicted molar refractivity (Wildman–Crippen MR) is 86.4 cm³/mol. The van der Waals surface area contributed by atoms with Gasteiger partial charge in [0.25, 0.3) is 0 Å². The minimum atomic E-state index is -0.371. The van der Waals surface area contributed by atoms with Crippen molar-refractivity contribution in [3.8, 4) is 11.3 Å². The highest BCUT2D eigenvalue weighted by Gasteiger charge is 2.06. The van der Waals surface area contributed by atoms with Crippen LogP contribution in [0.15, 0.2) is 34.9 Å². The van der Waals surface area contributed by atoms with Crippen molar-refractivity contribution < 1.29 is 14.0 Å². The van der Waals surface area contributed by atoms with E-state index in [1.165, 1.54) is 11.8 Å². The van der Waals surface area contributed by atoms with Gasteiger partial charge in [0.05, 0.1) is 5.75 Å². The highest BCUT2D eigenvalue weighted by atomic mass is 32.2. The molecule has 2 rings (SSSR count). The van der Waals surface area contributed by atoms with Crippen LogP contribution in [0.25, 0.3) is 11.3 Å². The van der Waals surface area contributed by atoms with Crippen molar-refractivity contribution in [2.24, 2.45) is 5.73 Å². The second-order valence-electron chi connectivity index (χ2n) is 4.65. The molecule has 2 amide bonds. The van der Waals surface area contributed by atoms with Crippen LogP contribution in [-0.2, 0) is 9.59 Å². The topological polar surface area (TPSA) is 98.2 Å². The summed E-state index contributed by atoms with van der Waals surface area (Å²) >= 11 is 1.35. The molecular weight excluding hydrogens is 302 g/mol. The van der Waals surface area contributed by atoms with E-state index < -0.39 is 0 Å². The maximum Gasteiger partial charge on any atom is 0.227 e. The molecule has 0 aliphatic carbocycles. The molecule has 0 aliphatic heterocycles. The summed E-state index contributed by atoms with van der Waals surface area (Å²) in [4.78, 5) is 26.6. The molecule has 1 aromatic carbocycles. The number of carbonyl (C=O) groups excluding carboxylic acids is 2. The quantitative estimate of drug-likeness (QED) is 0.762. The van der Waals surface area contributed by atoms with Crippen LogP contribution in [0.3, 0.4) is 0 Å². The fourth-order valence-corrected chi connectivity index (χ4v) is 2.46. The molecule has 0 spiro atoms. The molecule has 0 saturated carbocycles. The molecule has 22 heavy (non-hydrogen) atoms. The van der Waals surface area contributed by atoms with Gasteiger partial charge in [-0.1, -0.05) is 12.1 Å². The van der Waals surface area contributed by atoms with Crippen molar-refractivity contribution in [1.29, 1.82) is 0 Å². The summed E-state index contributed by atoms with van der Waals surface area (Å²) in [5.41, 5.74) is 7.43. The number of amides is 2. The van der Waals surface area contributed by atoms with Crippen molar-refractivity contribution in [3.05, 3.63) is 36.4 Å². The number of thioether (sulfide) groups is 1. The fraction of sp³-hybridized carbons (Fsp3) is 0.267. The molecule has 1 heterocycles. The highest BCUT2D eigenvalue weighted by Crippen LogP contribution is 2.20. The van der Waals surface area contributed by atoms with Gasteiger partial charge in [0.15, 0.2) is 5.89 Å². The Morgan fingerprint density at radius 3 is 2.64 bits per heavy atom. The van der Waals surface area contributed by atoms with Crippen LogP contribution in [0.2, 0.25) is 0 Å². The summed E-state index contributed by atoms with van der Waals surface area (Å²) in [5.74, 6) is 0.941. The third kappa shape index (κ3) is 4.92. The summed E-state index contributed by atoms with van der Waals surface area (Å²) in [5, 5.41) is 2.80. The van der Waals surface area contributed by atoms with E-state index in [1.54, 1.807) is 13.2 Å². The third-order valence-corrected chi connectivity index (χ3v) is 3.78. The van der Waals surface area contributed by atoms with E-state index in [4.69, 9.17) is 10.2 Å². The first kappa shape index (κ1) is 16.1. The lowest BCUT2D eigenvalue weighted by Gasteiger charge is -2.05. The first-order valence-electron chi connectivity index (χ1n) is 6.73. The molecular formula is C15H17N3O3S. The lowest BCUT2D eigenvalue weighted by Crippen LogP contribution is -2.15. The number of primary amides is 1. The van der Waals surface area contributed by atoms with Crippen LogP contribution in [0, 0.1) is 6.92 Å². The molecule has 0 radical (unpaired) electrons. The van der Waals surface area contributed by atoms with Crippen LogP contribution in [0.5, 0.6) is 0 Å². The van der Waals surface area contributed by atoms with Gasteiger partial charge in [-0.15, -0.1) is 0 Å². The number of oxazole rings is 1. The van der Waals surface area contributed by atoms with E-state index in [0.29, 0.717) is 23.8 Å². The molecule has 2 aromatic rings. The number of aromatic nitrogens is 1. The molecule has 0 unspecified atom stereocenters. The van der Waals surface area contributed by atoms with Gasteiger partial charge in [0, 0.05) is 30.3 Å². The Hall–Kier alpha value is -2.28. The van der Waals surface area contributed by atoms with Crippen molar-refractivity contribution in [3.63, 3.8) is 0 Å². The van der Waals surface area contributed by atoms with Gasteiger partial charge in [-0.25, -0.2) is 4.98 Å². The molecule has 0 saturated heterocycles. The summed E-state index contributed by atoms with van der Waals surface area (Å²) in [7, 11) is 0. The zero-order chi connectivity index (χ0) is 15.9. The largest absolute Gasteiger partial charge is 0.449 e. The Morgan fingerprint density at radius 1 is 1.32 bits per heavy atom. The summed E-state index contributed by atoms with van der Waals surface area (Å²) in [6.07, 6.45) is 1.93. The maximum atomic E-state index is 11.7. The second kappa shape index (κ2) is 7.65. The van der Waals surface area contributed by atoms with Gasteiger partial charge in [-0.3, -0.25) is 9.59 Å². The van der Waals surface area contributed by atoms with Crippen LogP contribution in [0.4, 0.5) is 5.69 Å². The first-order chi connectivity index (χ1) is 10.5. The Labute approximate surface area is 132 Å². The zero-order valence-corrected chi connectivity index (χ0v) is 13.0. The third-order valence-electron chi connectivity index (χ3n) is 2.80. The number of carbonyl (C=O) groups is 2. The number of nitrogens with two attached hydrogens (primary N) is 1. The smallest absolute Gasteiger partial charge is 0.227 e. The zero-order valence-electron chi connectivity index (χ0n) is 12.2. The monoisotopic (exact) mass is 319 g/mol. The van der Waals surface area contributed by atoms with Crippen molar-refractivity contribution in [2.45, 2.75) is 13.3 Å². The van der Waals surface area contributed by atoms with Gasteiger partial charge in [-0.05, 0) is 12.1 Å². The average molecular weight is 319 g/mol. The molecule has 7 heteroatoms. The molecule has 3 N–H and O–H groups in total. The summed E-state index contributed by atoms with van der Waals surface area (Å²) in [6, 6.07) is 7.37. The average Bonchev–Trinajstić information content (AvgIpc) is 2.91. The molecule has 0 atom stereocenters. The number of hydrogen-bond donors (Lipinski definition) is 2. The SMILES string of the molecule is Cc1nc(-c2ccc(NC(=O)CCSCC(N)=O)cc2)co1. The van der Waals surface area contributed by atoms with Crippen LogP contribution in [0.1, 0.15) is 12.3 Å². The number of benzene rings is 1. The van der Waals surface area contributed by atoms with Gasteiger partial charge < -0.3 is 15.5 Å². The van der Waals surface area contributed by atoms with Crippen LogP contribution < -0.4 is 11.1 Å². The van der Waals surface area contributed by atoms with Crippen LogP contribution in [-0.4, -0.2) is 28.3 Å². The Balaban J connectivity index is 1.83. The van der Waals surface area contributed by atoms with E-state index in [2.05, 4.69) is 10.3 Å². The molecule has 6 nitrogen and oxygen atoms in total. The van der Waals surface area contributed by atoms with E-state index in [-0.39, 0.29) is 17.6 Å². The van der Waals surface area contributed by atoms with E-state index in [0.717, 1.165) is 11.3 Å². The molecule has 116 valence electrons.